The molecule has 82 valence electrons. The molecule has 0 aliphatic heterocycles. The number of anilines is 1. The summed E-state index contributed by atoms with van der Waals surface area (Å²) in [6.45, 7) is 2.62. The number of hydrogen-bond acceptors (Lipinski definition) is 3. The summed E-state index contributed by atoms with van der Waals surface area (Å²) in [6, 6.07) is 11.4. The Morgan fingerprint density at radius 1 is 1.12 bits per heavy atom. The number of aromatic nitrogens is 2. The maximum Gasteiger partial charge on any atom is 0.131 e. The summed E-state index contributed by atoms with van der Waals surface area (Å²) in [6.07, 6.45) is 0. The number of nitrogens with zero attached hydrogens (tertiary/aromatic N) is 2. The lowest BCUT2D eigenvalue weighted by molar-refractivity contribution is 1.00. The van der Waals surface area contributed by atoms with E-state index in [4.69, 9.17) is 11.6 Å². The topological polar surface area (TPSA) is 37.8 Å². The second-order valence-corrected chi connectivity index (χ2v) is 3.86. The van der Waals surface area contributed by atoms with Gasteiger partial charge in [0.1, 0.15) is 11.0 Å². The molecule has 2 aromatic rings. The molecule has 0 aromatic carbocycles. The van der Waals surface area contributed by atoms with Crippen LogP contribution in [0.1, 0.15) is 11.4 Å². The highest BCUT2D eigenvalue weighted by Crippen LogP contribution is 2.10. The van der Waals surface area contributed by atoms with Gasteiger partial charge >= 0.3 is 0 Å². The van der Waals surface area contributed by atoms with E-state index in [-0.39, 0.29) is 0 Å². The van der Waals surface area contributed by atoms with Crippen molar-refractivity contribution in [3.63, 3.8) is 0 Å². The number of halogens is 1. The van der Waals surface area contributed by atoms with Crippen molar-refractivity contribution in [2.45, 2.75) is 13.5 Å². The first-order valence-electron chi connectivity index (χ1n) is 5.03. The van der Waals surface area contributed by atoms with Crippen LogP contribution in [-0.2, 0) is 6.54 Å². The third-order valence-electron chi connectivity index (χ3n) is 2.11. The van der Waals surface area contributed by atoms with Crippen molar-refractivity contribution in [3.05, 3.63) is 52.9 Å². The number of rotatable bonds is 3. The molecular formula is C12H12ClN3. The molecule has 0 amide bonds. The molecule has 0 bridgehead atoms. The molecular weight excluding hydrogens is 222 g/mol. The second-order valence-electron chi connectivity index (χ2n) is 3.47. The SMILES string of the molecule is Cc1cccc(CNc2cccc(Cl)n2)n1. The minimum atomic E-state index is 0.488. The maximum absolute atomic E-state index is 5.79. The molecule has 1 N–H and O–H groups in total. The van der Waals surface area contributed by atoms with Gasteiger partial charge in [0.25, 0.3) is 0 Å². The highest BCUT2D eigenvalue weighted by molar-refractivity contribution is 6.29. The summed E-state index contributed by atoms with van der Waals surface area (Å²) in [7, 11) is 0. The van der Waals surface area contributed by atoms with Crippen molar-refractivity contribution in [3.8, 4) is 0 Å². The van der Waals surface area contributed by atoms with E-state index in [0.717, 1.165) is 17.2 Å². The van der Waals surface area contributed by atoms with Gasteiger partial charge in [0, 0.05) is 5.69 Å². The van der Waals surface area contributed by atoms with E-state index in [1.165, 1.54) is 0 Å². The van der Waals surface area contributed by atoms with Crippen LogP contribution >= 0.6 is 11.6 Å². The van der Waals surface area contributed by atoms with Gasteiger partial charge in [-0.2, -0.15) is 0 Å². The Bertz CT molecular complexity index is 440. The average Bonchev–Trinajstić information content (AvgIpc) is 2.27. The predicted molar refractivity (Wildman–Crippen MR) is 65.5 cm³/mol. The zero-order valence-electron chi connectivity index (χ0n) is 8.94. The Morgan fingerprint density at radius 3 is 2.69 bits per heavy atom. The molecule has 0 atom stereocenters. The molecule has 0 saturated carbocycles. The molecule has 0 radical (unpaired) electrons. The summed E-state index contributed by atoms with van der Waals surface area (Å²) in [5.74, 6) is 0.760. The van der Waals surface area contributed by atoms with Crippen LogP contribution in [0.2, 0.25) is 5.15 Å². The van der Waals surface area contributed by atoms with Crippen molar-refractivity contribution in [1.29, 1.82) is 0 Å². The van der Waals surface area contributed by atoms with E-state index in [9.17, 15) is 0 Å². The summed E-state index contributed by atoms with van der Waals surface area (Å²) >= 11 is 5.79. The average molecular weight is 234 g/mol. The van der Waals surface area contributed by atoms with Crippen LogP contribution in [0, 0.1) is 6.92 Å². The number of nitrogens with one attached hydrogen (secondary N) is 1. The van der Waals surface area contributed by atoms with Gasteiger partial charge in [0.2, 0.25) is 0 Å². The fourth-order valence-corrected chi connectivity index (χ4v) is 1.55. The lowest BCUT2D eigenvalue weighted by Crippen LogP contribution is -2.03. The first kappa shape index (κ1) is 10.9. The number of hydrogen-bond donors (Lipinski definition) is 1. The molecule has 16 heavy (non-hydrogen) atoms. The standard InChI is InChI=1S/C12H12ClN3/c1-9-4-2-5-10(15-9)8-14-12-7-3-6-11(13)16-12/h2-7H,8H2,1H3,(H,14,16). The van der Waals surface area contributed by atoms with Gasteiger partial charge in [-0.3, -0.25) is 4.98 Å². The van der Waals surface area contributed by atoms with Crippen LogP contribution < -0.4 is 5.32 Å². The monoisotopic (exact) mass is 233 g/mol. The van der Waals surface area contributed by atoms with Crippen LogP contribution in [0.3, 0.4) is 0 Å². The minimum absolute atomic E-state index is 0.488. The van der Waals surface area contributed by atoms with Gasteiger partial charge in [-0.05, 0) is 31.2 Å². The predicted octanol–water partition coefficient (Wildman–Crippen LogP) is 3.05. The summed E-state index contributed by atoms with van der Waals surface area (Å²) in [4.78, 5) is 8.52. The van der Waals surface area contributed by atoms with Gasteiger partial charge in [-0.25, -0.2) is 4.98 Å². The molecule has 3 nitrogen and oxygen atoms in total. The van der Waals surface area contributed by atoms with E-state index < -0.39 is 0 Å². The largest absolute Gasteiger partial charge is 0.364 e. The normalized spacial score (nSPS) is 10.1. The molecule has 2 heterocycles. The molecule has 0 aliphatic rings. The first-order valence-corrected chi connectivity index (χ1v) is 5.41. The van der Waals surface area contributed by atoms with Crippen molar-refractivity contribution < 1.29 is 0 Å². The zero-order valence-corrected chi connectivity index (χ0v) is 9.70. The highest BCUT2D eigenvalue weighted by atomic mass is 35.5. The molecule has 2 aromatic heterocycles. The lowest BCUT2D eigenvalue weighted by atomic mass is 10.3. The smallest absolute Gasteiger partial charge is 0.131 e. The van der Waals surface area contributed by atoms with E-state index in [2.05, 4.69) is 15.3 Å². The van der Waals surface area contributed by atoms with Crippen LogP contribution in [0.25, 0.3) is 0 Å². The fourth-order valence-electron chi connectivity index (χ4n) is 1.39. The molecule has 2 rings (SSSR count). The summed E-state index contributed by atoms with van der Waals surface area (Å²) < 4.78 is 0. The van der Waals surface area contributed by atoms with Crippen LogP contribution in [-0.4, -0.2) is 9.97 Å². The Hall–Kier alpha value is -1.61. The molecule has 0 fully saturated rings. The third-order valence-corrected chi connectivity index (χ3v) is 2.32. The zero-order chi connectivity index (χ0) is 11.4. The number of pyridine rings is 2. The van der Waals surface area contributed by atoms with E-state index in [1.54, 1.807) is 6.07 Å². The Labute approximate surface area is 99.5 Å². The third kappa shape index (κ3) is 2.94. The number of aryl methyl sites for hydroxylation is 1. The maximum atomic E-state index is 5.79. The summed E-state index contributed by atoms with van der Waals surface area (Å²) in [5.41, 5.74) is 2.00. The second kappa shape index (κ2) is 4.94. The van der Waals surface area contributed by atoms with E-state index in [1.807, 2.05) is 37.3 Å². The van der Waals surface area contributed by atoms with Gasteiger partial charge in [0.05, 0.1) is 12.2 Å². The van der Waals surface area contributed by atoms with Crippen molar-refractivity contribution >= 4 is 17.4 Å². The quantitative estimate of drug-likeness (QED) is 0.828. The van der Waals surface area contributed by atoms with Gasteiger partial charge in [0.15, 0.2) is 0 Å². The van der Waals surface area contributed by atoms with Crippen molar-refractivity contribution in [2.75, 3.05) is 5.32 Å². The Balaban J connectivity index is 2.02. The molecule has 0 unspecified atom stereocenters. The van der Waals surface area contributed by atoms with Gasteiger partial charge in [-0.1, -0.05) is 23.7 Å². The van der Waals surface area contributed by atoms with Gasteiger partial charge in [-0.15, -0.1) is 0 Å². The Morgan fingerprint density at radius 2 is 1.94 bits per heavy atom. The first-order chi connectivity index (χ1) is 7.74. The van der Waals surface area contributed by atoms with Crippen LogP contribution in [0.5, 0.6) is 0 Å². The molecule has 0 spiro atoms. The lowest BCUT2D eigenvalue weighted by Gasteiger charge is -2.05. The molecule has 0 saturated heterocycles. The van der Waals surface area contributed by atoms with Gasteiger partial charge < -0.3 is 5.32 Å². The molecule has 4 heteroatoms. The highest BCUT2D eigenvalue weighted by Gasteiger charge is 1.97. The Kier molecular flexibility index (Phi) is 3.37. The minimum Gasteiger partial charge on any atom is -0.364 e. The molecule has 0 aliphatic carbocycles. The van der Waals surface area contributed by atoms with E-state index >= 15 is 0 Å². The van der Waals surface area contributed by atoms with E-state index in [0.29, 0.717) is 11.7 Å². The van der Waals surface area contributed by atoms with Crippen LogP contribution in [0.4, 0.5) is 5.82 Å². The van der Waals surface area contributed by atoms with Crippen LogP contribution in [0.15, 0.2) is 36.4 Å². The van der Waals surface area contributed by atoms with Crippen molar-refractivity contribution in [2.24, 2.45) is 0 Å². The summed E-state index contributed by atoms with van der Waals surface area (Å²) in [5, 5.41) is 3.66. The van der Waals surface area contributed by atoms with Crippen molar-refractivity contribution in [1.82, 2.24) is 9.97 Å². The fraction of sp³-hybridized carbons (Fsp3) is 0.167.